The number of halogens is 1. The smallest absolute Gasteiger partial charge is 0.254 e. The van der Waals surface area contributed by atoms with Crippen molar-refractivity contribution < 1.29 is 9.59 Å². The zero-order valence-electron chi connectivity index (χ0n) is 14.4. The fourth-order valence-electron chi connectivity index (χ4n) is 3.62. The SMILES string of the molecule is Cc1ccc(C(=O)N2CCCC(N3CCNCC3=O)C2)c(C)c1.Cl. The minimum Gasteiger partial charge on any atom is -0.337 e. The number of benzene rings is 1. The van der Waals surface area contributed by atoms with Crippen LogP contribution < -0.4 is 5.32 Å². The maximum atomic E-state index is 12.9. The maximum absolute atomic E-state index is 12.9. The third-order valence-corrected chi connectivity index (χ3v) is 4.86. The highest BCUT2D eigenvalue weighted by Crippen LogP contribution is 2.20. The summed E-state index contributed by atoms with van der Waals surface area (Å²) >= 11 is 0. The van der Waals surface area contributed by atoms with E-state index in [1.807, 2.05) is 35.8 Å². The van der Waals surface area contributed by atoms with Crippen molar-refractivity contribution in [2.45, 2.75) is 32.7 Å². The molecule has 0 bridgehead atoms. The summed E-state index contributed by atoms with van der Waals surface area (Å²) < 4.78 is 0. The van der Waals surface area contributed by atoms with Crippen molar-refractivity contribution in [3.8, 4) is 0 Å². The third-order valence-electron chi connectivity index (χ3n) is 4.86. The molecular weight excluding hydrogens is 326 g/mol. The molecule has 1 aromatic rings. The summed E-state index contributed by atoms with van der Waals surface area (Å²) in [5, 5.41) is 3.10. The molecule has 5 nitrogen and oxygen atoms in total. The van der Waals surface area contributed by atoms with Gasteiger partial charge in [0.25, 0.3) is 5.91 Å². The summed E-state index contributed by atoms with van der Waals surface area (Å²) in [4.78, 5) is 28.8. The van der Waals surface area contributed by atoms with Crippen LogP contribution in [0.1, 0.15) is 34.3 Å². The minimum absolute atomic E-state index is 0. The molecule has 0 radical (unpaired) electrons. The summed E-state index contributed by atoms with van der Waals surface area (Å²) in [6.07, 6.45) is 1.95. The molecule has 0 spiro atoms. The van der Waals surface area contributed by atoms with Gasteiger partial charge in [-0.05, 0) is 38.3 Å². The number of piperidine rings is 1. The number of amides is 2. The molecule has 1 unspecified atom stereocenters. The van der Waals surface area contributed by atoms with E-state index in [1.54, 1.807) is 0 Å². The number of likely N-dealkylation sites (tertiary alicyclic amines) is 1. The van der Waals surface area contributed by atoms with Crippen LogP contribution in [0.3, 0.4) is 0 Å². The van der Waals surface area contributed by atoms with Crippen molar-refractivity contribution >= 4 is 24.2 Å². The molecule has 6 heteroatoms. The van der Waals surface area contributed by atoms with Gasteiger partial charge in [0.1, 0.15) is 0 Å². The zero-order chi connectivity index (χ0) is 16.4. The molecule has 2 saturated heterocycles. The molecule has 1 aromatic carbocycles. The number of hydrogen-bond acceptors (Lipinski definition) is 3. The van der Waals surface area contributed by atoms with Gasteiger partial charge < -0.3 is 15.1 Å². The molecular formula is C18H26ClN3O2. The Hall–Kier alpha value is -1.59. The van der Waals surface area contributed by atoms with Gasteiger partial charge in [0, 0.05) is 37.8 Å². The second-order valence-electron chi connectivity index (χ2n) is 6.63. The first-order valence-electron chi connectivity index (χ1n) is 8.43. The summed E-state index contributed by atoms with van der Waals surface area (Å²) in [5.74, 6) is 0.247. The number of aryl methyl sites for hydroxylation is 2. The standard InChI is InChI=1S/C18H25N3O2.ClH/c1-13-5-6-16(14(2)10-13)18(23)20-8-3-4-15(12-20)21-9-7-19-11-17(21)22;/h5-6,10,15,19H,3-4,7-9,11-12H2,1-2H3;1H. The van der Waals surface area contributed by atoms with Gasteiger partial charge in [-0.3, -0.25) is 9.59 Å². The molecule has 0 saturated carbocycles. The summed E-state index contributed by atoms with van der Waals surface area (Å²) in [6, 6.07) is 6.12. The first-order valence-corrected chi connectivity index (χ1v) is 8.43. The van der Waals surface area contributed by atoms with E-state index in [4.69, 9.17) is 0 Å². The van der Waals surface area contributed by atoms with Crippen molar-refractivity contribution in [1.29, 1.82) is 0 Å². The summed E-state index contributed by atoms with van der Waals surface area (Å²) in [7, 11) is 0. The van der Waals surface area contributed by atoms with Crippen LogP contribution in [0.4, 0.5) is 0 Å². The largest absolute Gasteiger partial charge is 0.337 e. The Morgan fingerprint density at radius 3 is 2.75 bits per heavy atom. The Morgan fingerprint density at radius 1 is 1.25 bits per heavy atom. The lowest BCUT2D eigenvalue weighted by Crippen LogP contribution is -2.57. The molecule has 1 atom stereocenters. The lowest BCUT2D eigenvalue weighted by molar-refractivity contribution is -0.135. The second-order valence-corrected chi connectivity index (χ2v) is 6.63. The van der Waals surface area contributed by atoms with E-state index in [2.05, 4.69) is 11.4 Å². The molecule has 2 amide bonds. The maximum Gasteiger partial charge on any atom is 0.254 e. The van der Waals surface area contributed by atoms with Gasteiger partial charge in [-0.1, -0.05) is 17.7 Å². The quantitative estimate of drug-likeness (QED) is 0.883. The summed E-state index contributed by atoms with van der Waals surface area (Å²) in [6.45, 7) is 7.46. The van der Waals surface area contributed by atoms with Crippen molar-refractivity contribution in [3.63, 3.8) is 0 Å². The lowest BCUT2D eigenvalue weighted by atomic mass is 10.00. The number of carbonyl (C=O) groups is 2. The van der Waals surface area contributed by atoms with Crippen molar-refractivity contribution in [2.75, 3.05) is 32.7 Å². The van der Waals surface area contributed by atoms with Crippen molar-refractivity contribution in [3.05, 3.63) is 34.9 Å². The van der Waals surface area contributed by atoms with Crippen LogP contribution >= 0.6 is 12.4 Å². The molecule has 132 valence electrons. The first-order chi connectivity index (χ1) is 11.1. The highest BCUT2D eigenvalue weighted by Gasteiger charge is 2.32. The van der Waals surface area contributed by atoms with E-state index < -0.39 is 0 Å². The minimum atomic E-state index is 0. The Bertz CT molecular complexity index is 620. The Labute approximate surface area is 149 Å². The van der Waals surface area contributed by atoms with E-state index in [-0.39, 0.29) is 30.3 Å². The van der Waals surface area contributed by atoms with Gasteiger partial charge in [0.05, 0.1) is 6.54 Å². The predicted molar refractivity (Wildman–Crippen MR) is 96.7 cm³/mol. The molecule has 2 heterocycles. The molecule has 24 heavy (non-hydrogen) atoms. The van der Waals surface area contributed by atoms with Crippen LogP contribution in [0.15, 0.2) is 18.2 Å². The van der Waals surface area contributed by atoms with Gasteiger partial charge in [-0.15, -0.1) is 12.4 Å². The number of carbonyl (C=O) groups excluding carboxylic acids is 2. The van der Waals surface area contributed by atoms with Crippen LogP contribution in [-0.4, -0.2) is 60.4 Å². The normalized spacial score (nSPS) is 21.4. The Balaban J connectivity index is 0.00000208. The number of piperazine rings is 1. The van der Waals surface area contributed by atoms with Crippen LogP contribution in [0.2, 0.25) is 0 Å². The average Bonchev–Trinajstić information content (AvgIpc) is 2.55. The lowest BCUT2D eigenvalue weighted by Gasteiger charge is -2.41. The van der Waals surface area contributed by atoms with Crippen molar-refractivity contribution in [2.24, 2.45) is 0 Å². The fraction of sp³-hybridized carbons (Fsp3) is 0.556. The molecule has 1 N–H and O–H groups in total. The van der Waals surface area contributed by atoms with Gasteiger partial charge >= 0.3 is 0 Å². The predicted octanol–water partition coefficient (Wildman–Crippen LogP) is 1.76. The van der Waals surface area contributed by atoms with E-state index in [9.17, 15) is 9.59 Å². The first kappa shape index (κ1) is 18.7. The van der Waals surface area contributed by atoms with Crippen LogP contribution in [0, 0.1) is 13.8 Å². The van der Waals surface area contributed by atoms with E-state index in [0.29, 0.717) is 13.1 Å². The van der Waals surface area contributed by atoms with Gasteiger partial charge in [-0.2, -0.15) is 0 Å². The van der Waals surface area contributed by atoms with Crippen LogP contribution in [-0.2, 0) is 4.79 Å². The summed E-state index contributed by atoms with van der Waals surface area (Å²) in [5.41, 5.74) is 2.97. The molecule has 0 aromatic heterocycles. The number of nitrogens with one attached hydrogen (secondary N) is 1. The van der Waals surface area contributed by atoms with E-state index in [1.165, 1.54) is 5.56 Å². The number of rotatable bonds is 2. The molecule has 2 fully saturated rings. The fourth-order valence-corrected chi connectivity index (χ4v) is 3.62. The van der Waals surface area contributed by atoms with Gasteiger partial charge in [0.2, 0.25) is 5.91 Å². The third kappa shape index (κ3) is 3.90. The molecule has 0 aliphatic carbocycles. The van der Waals surface area contributed by atoms with Crippen molar-refractivity contribution in [1.82, 2.24) is 15.1 Å². The average molecular weight is 352 g/mol. The molecule has 2 aliphatic heterocycles. The molecule has 2 aliphatic rings. The van der Waals surface area contributed by atoms with Crippen LogP contribution in [0.25, 0.3) is 0 Å². The molecule has 3 rings (SSSR count). The monoisotopic (exact) mass is 351 g/mol. The topological polar surface area (TPSA) is 52.7 Å². The number of hydrogen-bond donors (Lipinski definition) is 1. The van der Waals surface area contributed by atoms with E-state index in [0.717, 1.165) is 43.6 Å². The Kier molecular flexibility index (Phi) is 6.24. The van der Waals surface area contributed by atoms with Crippen LogP contribution in [0.5, 0.6) is 0 Å². The number of nitrogens with zero attached hydrogens (tertiary/aromatic N) is 2. The van der Waals surface area contributed by atoms with Gasteiger partial charge in [-0.25, -0.2) is 0 Å². The van der Waals surface area contributed by atoms with Gasteiger partial charge in [0.15, 0.2) is 0 Å². The zero-order valence-corrected chi connectivity index (χ0v) is 15.2. The highest BCUT2D eigenvalue weighted by atomic mass is 35.5. The Morgan fingerprint density at radius 2 is 2.04 bits per heavy atom. The van der Waals surface area contributed by atoms with E-state index >= 15 is 0 Å². The highest BCUT2D eigenvalue weighted by molar-refractivity contribution is 5.95. The second kappa shape index (κ2) is 7.99.